The first-order valence-electron chi connectivity index (χ1n) is 9.75. The summed E-state index contributed by atoms with van der Waals surface area (Å²) in [7, 11) is 2.82. The van der Waals surface area contributed by atoms with Gasteiger partial charge in [0.1, 0.15) is 5.75 Å². The van der Waals surface area contributed by atoms with Gasteiger partial charge in [-0.2, -0.15) is 0 Å². The Morgan fingerprint density at radius 2 is 1.60 bits per heavy atom. The molecule has 7 heteroatoms. The molecule has 0 aliphatic carbocycles. The zero-order chi connectivity index (χ0) is 21.7. The van der Waals surface area contributed by atoms with Gasteiger partial charge in [0.15, 0.2) is 0 Å². The third kappa shape index (κ3) is 4.52. The molecule has 30 heavy (non-hydrogen) atoms. The van der Waals surface area contributed by atoms with Crippen LogP contribution in [-0.2, 0) is 14.3 Å². The molecule has 2 unspecified atom stereocenters. The van der Waals surface area contributed by atoms with Gasteiger partial charge in [-0.3, -0.25) is 19.3 Å². The van der Waals surface area contributed by atoms with Gasteiger partial charge >= 0.3 is 5.97 Å². The Labute approximate surface area is 175 Å². The van der Waals surface area contributed by atoms with Crippen LogP contribution in [0.15, 0.2) is 48.5 Å². The van der Waals surface area contributed by atoms with Crippen LogP contribution in [0.25, 0.3) is 0 Å². The maximum atomic E-state index is 12.7. The molecule has 7 nitrogen and oxygen atoms in total. The third-order valence-electron chi connectivity index (χ3n) is 5.15. The summed E-state index contributed by atoms with van der Waals surface area (Å²) in [6.45, 7) is 3.07. The van der Waals surface area contributed by atoms with Crippen LogP contribution in [0.4, 0.5) is 0 Å². The van der Waals surface area contributed by atoms with Gasteiger partial charge in [0.05, 0.1) is 43.9 Å². The monoisotopic (exact) mass is 411 g/mol. The van der Waals surface area contributed by atoms with Crippen LogP contribution in [0.2, 0.25) is 0 Å². The summed E-state index contributed by atoms with van der Waals surface area (Å²) in [4.78, 5) is 38.5. The molecule has 0 N–H and O–H groups in total. The Kier molecular flexibility index (Phi) is 6.84. The quantitative estimate of drug-likeness (QED) is 0.554. The number of hydrogen-bond acceptors (Lipinski definition) is 6. The number of carbonyl (C=O) groups excluding carboxylic acids is 3. The van der Waals surface area contributed by atoms with Gasteiger partial charge in [0.2, 0.25) is 0 Å². The van der Waals surface area contributed by atoms with E-state index >= 15 is 0 Å². The fourth-order valence-corrected chi connectivity index (χ4v) is 3.27. The van der Waals surface area contributed by atoms with E-state index < -0.39 is 23.8 Å². The van der Waals surface area contributed by atoms with Gasteiger partial charge in [-0.15, -0.1) is 0 Å². The molecular formula is C23H25NO6. The highest BCUT2D eigenvalue weighted by atomic mass is 16.5. The standard InChI is InChI=1S/C19H17NO5.C4H8O/c1-24-13-9-7-12(8-10-13)16(11-17(21)25-2)20-18(22)14-5-3-4-6-15(14)19(20)23;1-4-2-3-5-4/h3-10,16H,11H2,1-2H3;4H,2-3H2,1H3. The first-order valence-corrected chi connectivity index (χ1v) is 9.75. The zero-order valence-corrected chi connectivity index (χ0v) is 17.3. The zero-order valence-electron chi connectivity index (χ0n) is 17.3. The lowest BCUT2D eigenvalue weighted by atomic mass is 10.0. The lowest BCUT2D eigenvalue weighted by molar-refractivity contribution is -0.141. The number of nitrogens with zero attached hydrogens (tertiary/aromatic N) is 1. The average molecular weight is 411 g/mol. The Balaban J connectivity index is 0.000000448. The van der Waals surface area contributed by atoms with Crippen LogP contribution in [0.5, 0.6) is 5.75 Å². The molecule has 0 spiro atoms. The minimum absolute atomic E-state index is 0.117. The minimum Gasteiger partial charge on any atom is -0.497 e. The van der Waals surface area contributed by atoms with Gasteiger partial charge in [0, 0.05) is 6.61 Å². The van der Waals surface area contributed by atoms with Crippen molar-refractivity contribution in [3.63, 3.8) is 0 Å². The Morgan fingerprint density at radius 1 is 1.07 bits per heavy atom. The molecule has 2 aliphatic rings. The van der Waals surface area contributed by atoms with E-state index in [0.29, 0.717) is 28.5 Å². The van der Waals surface area contributed by atoms with E-state index in [1.54, 1.807) is 55.6 Å². The van der Waals surface area contributed by atoms with Crippen LogP contribution in [0, 0.1) is 0 Å². The molecule has 2 aliphatic heterocycles. The van der Waals surface area contributed by atoms with Crippen LogP contribution in [0.1, 0.15) is 52.1 Å². The number of fused-ring (bicyclic) bond motifs is 1. The average Bonchev–Trinajstić information content (AvgIpc) is 3.01. The van der Waals surface area contributed by atoms with E-state index in [9.17, 15) is 14.4 Å². The second-order valence-corrected chi connectivity index (χ2v) is 7.07. The number of esters is 1. The van der Waals surface area contributed by atoms with Gasteiger partial charge in [-0.1, -0.05) is 24.3 Å². The fourth-order valence-electron chi connectivity index (χ4n) is 3.27. The molecule has 0 aromatic heterocycles. The number of methoxy groups -OCH3 is 2. The molecule has 2 heterocycles. The molecule has 0 bridgehead atoms. The molecule has 0 saturated carbocycles. The molecule has 158 valence electrons. The number of rotatable bonds is 5. The fraction of sp³-hybridized carbons (Fsp3) is 0.348. The molecule has 2 aromatic rings. The van der Waals surface area contributed by atoms with Gasteiger partial charge < -0.3 is 14.2 Å². The number of hydrogen-bond donors (Lipinski definition) is 0. The summed E-state index contributed by atoms with van der Waals surface area (Å²) in [5.74, 6) is -0.684. The van der Waals surface area contributed by atoms with Crippen LogP contribution >= 0.6 is 0 Å². The number of benzene rings is 2. The molecule has 4 rings (SSSR count). The van der Waals surface area contributed by atoms with Gasteiger partial charge in [-0.25, -0.2) is 0 Å². The molecule has 2 amide bonds. The third-order valence-corrected chi connectivity index (χ3v) is 5.15. The molecule has 2 aromatic carbocycles. The number of amides is 2. The summed E-state index contributed by atoms with van der Waals surface area (Å²) >= 11 is 0. The maximum absolute atomic E-state index is 12.7. The largest absolute Gasteiger partial charge is 0.497 e. The Bertz CT molecular complexity index is 885. The molecular weight excluding hydrogens is 386 g/mol. The van der Waals surface area contributed by atoms with Crippen molar-refractivity contribution in [3.05, 3.63) is 65.2 Å². The number of imide groups is 1. The van der Waals surface area contributed by atoms with Crippen molar-refractivity contribution in [1.82, 2.24) is 4.90 Å². The summed E-state index contributed by atoms with van der Waals surface area (Å²) in [5.41, 5.74) is 1.34. The van der Waals surface area contributed by atoms with Crippen molar-refractivity contribution in [2.24, 2.45) is 0 Å². The predicted molar refractivity (Wildman–Crippen MR) is 109 cm³/mol. The summed E-state index contributed by atoms with van der Waals surface area (Å²) in [6, 6.07) is 12.8. The van der Waals surface area contributed by atoms with Crippen molar-refractivity contribution in [2.45, 2.75) is 31.9 Å². The molecule has 0 radical (unpaired) electrons. The van der Waals surface area contributed by atoms with Gasteiger partial charge in [-0.05, 0) is 43.2 Å². The second kappa shape index (κ2) is 9.54. The SMILES string of the molecule is CC1CCO1.COC(=O)CC(c1ccc(OC)cc1)N1C(=O)c2ccccc2C1=O. The summed E-state index contributed by atoms with van der Waals surface area (Å²) in [5, 5.41) is 0. The van der Waals surface area contributed by atoms with Crippen LogP contribution in [0.3, 0.4) is 0 Å². The lowest BCUT2D eigenvalue weighted by Crippen LogP contribution is -2.35. The van der Waals surface area contributed by atoms with E-state index in [1.165, 1.54) is 13.5 Å². The predicted octanol–water partition coefficient (Wildman–Crippen LogP) is 3.39. The van der Waals surface area contributed by atoms with E-state index in [1.807, 2.05) is 0 Å². The first kappa shape index (κ1) is 21.5. The Hall–Kier alpha value is -3.19. The molecule has 2 atom stereocenters. The highest BCUT2D eigenvalue weighted by molar-refractivity contribution is 6.21. The van der Waals surface area contributed by atoms with E-state index in [0.717, 1.165) is 11.5 Å². The van der Waals surface area contributed by atoms with E-state index in [-0.39, 0.29) is 6.42 Å². The molecule has 1 saturated heterocycles. The smallest absolute Gasteiger partial charge is 0.307 e. The summed E-state index contributed by atoms with van der Waals surface area (Å²) < 4.78 is 14.8. The van der Waals surface area contributed by atoms with Crippen molar-refractivity contribution in [1.29, 1.82) is 0 Å². The minimum atomic E-state index is -0.745. The van der Waals surface area contributed by atoms with E-state index in [2.05, 4.69) is 6.92 Å². The topological polar surface area (TPSA) is 82.1 Å². The lowest BCUT2D eigenvalue weighted by Gasteiger charge is -2.26. The molecule has 1 fully saturated rings. The second-order valence-electron chi connectivity index (χ2n) is 7.07. The highest BCUT2D eigenvalue weighted by Crippen LogP contribution is 2.34. The maximum Gasteiger partial charge on any atom is 0.307 e. The number of ether oxygens (including phenoxy) is 3. The highest BCUT2D eigenvalue weighted by Gasteiger charge is 2.41. The number of carbonyl (C=O) groups is 3. The van der Waals surface area contributed by atoms with Crippen LogP contribution < -0.4 is 4.74 Å². The first-order chi connectivity index (χ1) is 14.5. The van der Waals surface area contributed by atoms with Crippen molar-refractivity contribution in [3.8, 4) is 5.75 Å². The van der Waals surface area contributed by atoms with Crippen LogP contribution in [-0.4, -0.2) is 49.6 Å². The Morgan fingerprint density at radius 3 is 2.00 bits per heavy atom. The van der Waals surface area contributed by atoms with Gasteiger partial charge in [0.25, 0.3) is 11.8 Å². The summed E-state index contributed by atoms with van der Waals surface area (Å²) in [6.07, 6.45) is 1.71. The van der Waals surface area contributed by atoms with Crippen molar-refractivity contribution >= 4 is 17.8 Å². The van der Waals surface area contributed by atoms with E-state index in [4.69, 9.17) is 14.2 Å². The normalized spacial score (nSPS) is 18.0. The van der Waals surface area contributed by atoms with Crippen molar-refractivity contribution in [2.75, 3.05) is 20.8 Å². The van der Waals surface area contributed by atoms with Crippen molar-refractivity contribution < 1.29 is 28.6 Å².